The minimum absolute atomic E-state index is 0.0956. The molecule has 0 fully saturated rings. The molecule has 1 aromatic heterocycles. The van der Waals surface area contributed by atoms with Crippen LogP contribution in [0.1, 0.15) is 24.9 Å². The molecular weight excluding hydrogens is 228 g/mol. The van der Waals surface area contributed by atoms with E-state index in [0.29, 0.717) is 0 Å². The summed E-state index contributed by atoms with van der Waals surface area (Å²) < 4.78 is 0. The topological polar surface area (TPSA) is 38.9 Å². The van der Waals surface area contributed by atoms with Gasteiger partial charge in [0.1, 0.15) is 5.03 Å². The predicted molar refractivity (Wildman–Crippen MR) is 72.0 cm³/mol. The largest absolute Gasteiger partial charge is 0.324 e. The van der Waals surface area contributed by atoms with Crippen molar-refractivity contribution in [3.8, 4) is 0 Å². The zero-order chi connectivity index (χ0) is 12.1. The molecule has 0 unspecified atom stereocenters. The summed E-state index contributed by atoms with van der Waals surface area (Å²) in [4.78, 5) is 5.63. The van der Waals surface area contributed by atoms with Crippen molar-refractivity contribution in [2.75, 3.05) is 0 Å². The number of nitrogens with zero attached hydrogens (tertiary/aromatic N) is 1. The van der Waals surface area contributed by atoms with Gasteiger partial charge in [-0.2, -0.15) is 0 Å². The summed E-state index contributed by atoms with van der Waals surface area (Å²) in [5.41, 5.74) is 7.05. The van der Waals surface area contributed by atoms with Crippen LogP contribution < -0.4 is 5.73 Å². The minimum atomic E-state index is 0.0956. The molecule has 88 valence electrons. The Labute approximate surface area is 106 Å². The van der Waals surface area contributed by atoms with E-state index < -0.39 is 0 Å². The van der Waals surface area contributed by atoms with E-state index in [-0.39, 0.29) is 6.04 Å². The van der Waals surface area contributed by atoms with Gasteiger partial charge in [0, 0.05) is 17.1 Å². The van der Waals surface area contributed by atoms with E-state index in [4.69, 9.17) is 5.73 Å². The molecule has 0 bridgehead atoms. The van der Waals surface area contributed by atoms with Crippen LogP contribution in [0, 0.1) is 0 Å². The van der Waals surface area contributed by atoms with Crippen LogP contribution in [0.25, 0.3) is 0 Å². The van der Waals surface area contributed by atoms with Crippen molar-refractivity contribution in [3.63, 3.8) is 0 Å². The number of hydrogen-bond donors (Lipinski definition) is 1. The van der Waals surface area contributed by atoms with Crippen LogP contribution in [0.2, 0.25) is 0 Å². The SMILES string of the molecule is CC[C@H](N)c1ccc(Sc2ccccc2)nc1. The van der Waals surface area contributed by atoms with Crippen LogP contribution in [0.5, 0.6) is 0 Å². The molecule has 2 N–H and O–H groups in total. The quantitative estimate of drug-likeness (QED) is 0.892. The zero-order valence-corrected chi connectivity index (χ0v) is 10.7. The van der Waals surface area contributed by atoms with Gasteiger partial charge in [-0.25, -0.2) is 4.98 Å². The molecule has 0 amide bonds. The Morgan fingerprint density at radius 1 is 1.18 bits per heavy atom. The second-order valence-corrected chi connectivity index (χ2v) is 4.95. The van der Waals surface area contributed by atoms with Crippen LogP contribution in [-0.4, -0.2) is 4.98 Å². The lowest BCUT2D eigenvalue weighted by molar-refractivity contribution is 0.693. The number of pyridine rings is 1. The molecule has 17 heavy (non-hydrogen) atoms. The Hall–Kier alpha value is -1.32. The molecule has 2 rings (SSSR count). The van der Waals surface area contributed by atoms with E-state index >= 15 is 0 Å². The highest BCUT2D eigenvalue weighted by Crippen LogP contribution is 2.26. The lowest BCUT2D eigenvalue weighted by Gasteiger charge is -2.08. The molecule has 0 saturated carbocycles. The van der Waals surface area contributed by atoms with Crippen molar-refractivity contribution in [1.29, 1.82) is 0 Å². The Kier molecular flexibility index (Phi) is 4.18. The van der Waals surface area contributed by atoms with Gasteiger partial charge in [-0.3, -0.25) is 0 Å². The average Bonchev–Trinajstić information content (AvgIpc) is 2.40. The number of rotatable bonds is 4. The highest BCUT2D eigenvalue weighted by molar-refractivity contribution is 7.99. The third-order valence-electron chi connectivity index (χ3n) is 2.59. The molecule has 1 aromatic carbocycles. The molecule has 0 aliphatic rings. The summed E-state index contributed by atoms with van der Waals surface area (Å²) in [5.74, 6) is 0. The molecule has 0 radical (unpaired) electrons. The summed E-state index contributed by atoms with van der Waals surface area (Å²) in [5, 5.41) is 1.00. The monoisotopic (exact) mass is 244 g/mol. The number of nitrogens with two attached hydrogens (primary N) is 1. The molecule has 0 aliphatic heterocycles. The average molecular weight is 244 g/mol. The fourth-order valence-corrected chi connectivity index (χ4v) is 2.29. The molecule has 0 saturated heterocycles. The van der Waals surface area contributed by atoms with Gasteiger partial charge in [0.15, 0.2) is 0 Å². The highest BCUT2D eigenvalue weighted by atomic mass is 32.2. The first-order chi connectivity index (χ1) is 8.29. The van der Waals surface area contributed by atoms with Gasteiger partial charge in [0.25, 0.3) is 0 Å². The van der Waals surface area contributed by atoms with Crippen molar-refractivity contribution in [2.24, 2.45) is 5.73 Å². The second-order valence-electron chi connectivity index (χ2n) is 3.86. The Morgan fingerprint density at radius 3 is 2.53 bits per heavy atom. The summed E-state index contributed by atoms with van der Waals surface area (Å²) in [6.45, 7) is 2.08. The minimum Gasteiger partial charge on any atom is -0.324 e. The van der Waals surface area contributed by atoms with Crippen molar-refractivity contribution >= 4 is 11.8 Å². The molecular formula is C14H16N2S. The fourth-order valence-electron chi connectivity index (χ4n) is 1.52. The molecule has 2 aromatic rings. The lowest BCUT2D eigenvalue weighted by atomic mass is 10.1. The highest BCUT2D eigenvalue weighted by Gasteiger charge is 2.04. The van der Waals surface area contributed by atoms with Gasteiger partial charge < -0.3 is 5.73 Å². The number of aromatic nitrogens is 1. The van der Waals surface area contributed by atoms with Crippen molar-refractivity contribution in [2.45, 2.75) is 29.3 Å². The smallest absolute Gasteiger partial charge is 0.101 e. The van der Waals surface area contributed by atoms with Gasteiger partial charge in [0.05, 0.1) is 0 Å². The van der Waals surface area contributed by atoms with Crippen molar-refractivity contribution in [3.05, 3.63) is 54.2 Å². The summed E-state index contributed by atoms with van der Waals surface area (Å²) >= 11 is 1.66. The maximum Gasteiger partial charge on any atom is 0.101 e. The van der Waals surface area contributed by atoms with Gasteiger partial charge in [0.2, 0.25) is 0 Å². The molecule has 0 spiro atoms. The van der Waals surface area contributed by atoms with Crippen LogP contribution in [0.4, 0.5) is 0 Å². The molecule has 2 nitrogen and oxygen atoms in total. The van der Waals surface area contributed by atoms with Gasteiger partial charge in [-0.15, -0.1) is 0 Å². The van der Waals surface area contributed by atoms with E-state index in [1.165, 1.54) is 4.90 Å². The first-order valence-corrected chi connectivity index (χ1v) is 6.55. The van der Waals surface area contributed by atoms with E-state index in [2.05, 4.69) is 30.1 Å². The maximum absolute atomic E-state index is 5.95. The Bertz CT molecular complexity index is 453. The van der Waals surface area contributed by atoms with Crippen LogP contribution in [-0.2, 0) is 0 Å². The van der Waals surface area contributed by atoms with Crippen molar-refractivity contribution in [1.82, 2.24) is 4.98 Å². The van der Waals surface area contributed by atoms with Crippen LogP contribution in [0.15, 0.2) is 58.6 Å². The summed E-state index contributed by atoms with van der Waals surface area (Å²) in [7, 11) is 0. The molecule has 1 heterocycles. The first-order valence-electron chi connectivity index (χ1n) is 5.74. The van der Waals surface area contributed by atoms with Crippen LogP contribution >= 0.6 is 11.8 Å². The normalized spacial score (nSPS) is 12.4. The van der Waals surface area contributed by atoms with E-state index in [9.17, 15) is 0 Å². The summed E-state index contributed by atoms with van der Waals surface area (Å²) in [6.07, 6.45) is 2.81. The third kappa shape index (κ3) is 3.32. The molecule has 0 aliphatic carbocycles. The number of hydrogen-bond acceptors (Lipinski definition) is 3. The standard InChI is InChI=1S/C14H16N2S/c1-2-13(15)11-8-9-14(16-10-11)17-12-6-4-3-5-7-12/h3-10,13H,2,15H2,1H3/t13-/m0/s1. The predicted octanol–water partition coefficient (Wildman–Crippen LogP) is 3.64. The van der Waals surface area contributed by atoms with Gasteiger partial charge in [-0.1, -0.05) is 43.0 Å². The molecule has 1 atom stereocenters. The molecule has 3 heteroatoms. The Morgan fingerprint density at radius 2 is 1.94 bits per heavy atom. The van der Waals surface area contributed by atoms with Gasteiger partial charge in [-0.05, 0) is 30.2 Å². The van der Waals surface area contributed by atoms with E-state index in [1.54, 1.807) is 11.8 Å². The summed E-state index contributed by atoms with van der Waals surface area (Å²) in [6, 6.07) is 14.4. The second kappa shape index (κ2) is 5.84. The fraction of sp³-hybridized carbons (Fsp3) is 0.214. The lowest BCUT2D eigenvalue weighted by Crippen LogP contribution is -2.08. The van der Waals surface area contributed by atoms with Crippen LogP contribution in [0.3, 0.4) is 0 Å². The Balaban J connectivity index is 2.08. The van der Waals surface area contributed by atoms with Gasteiger partial charge >= 0.3 is 0 Å². The van der Waals surface area contributed by atoms with E-state index in [0.717, 1.165) is 17.0 Å². The number of benzene rings is 1. The first kappa shape index (κ1) is 12.1. The third-order valence-corrected chi connectivity index (χ3v) is 3.55. The van der Waals surface area contributed by atoms with Crippen molar-refractivity contribution < 1.29 is 0 Å². The van der Waals surface area contributed by atoms with E-state index in [1.807, 2.05) is 30.5 Å². The zero-order valence-electron chi connectivity index (χ0n) is 9.84. The maximum atomic E-state index is 5.95.